The van der Waals surface area contributed by atoms with E-state index in [1.54, 1.807) is 37.4 Å². The van der Waals surface area contributed by atoms with Crippen LogP contribution in [0.1, 0.15) is 29.1 Å². The van der Waals surface area contributed by atoms with Crippen molar-refractivity contribution in [1.82, 2.24) is 10.3 Å². The van der Waals surface area contributed by atoms with Crippen molar-refractivity contribution >= 4 is 17.7 Å². The third kappa shape index (κ3) is 4.40. The maximum Gasteiger partial charge on any atom is 0.342 e. The van der Waals surface area contributed by atoms with Gasteiger partial charge in [-0.25, -0.2) is 9.78 Å². The van der Waals surface area contributed by atoms with E-state index in [1.165, 1.54) is 6.26 Å². The van der Waals surface area contributed by atoms with E-state index in [1.807, 2.05) is 4.90 Å². The number of hydrogen-bond acceptors (Lipinski definition) is 7. The number of esters is 1. The summed E-state index contributed by atoms with van der Waals surface area (Å²) in [5.74, 6) is 0.191. The Balaban J connectivity index is 1.57. The Bertz CT molecular complexity index is 741. The highest BCUT2D eigenvalue weighted by atomic mass is 16.5. The van der Waals surface area contributed by atoms with Gasteiger partial charge in [0.2, 0.25) is 0 Å². The molecule has 1 aliphatic heterocycles. The van der Waals surface area contributed by atoms with Gasteiger partial charge in [0.15, 0.2) is 6.61 Å². The number of carbonyl (C=O) groups is 2. The number of pyridine rings is 1. The summed E-state index contributed by atoms with van der Waals surface area (Å²) >= 11 is 0. The fraction of sp³-hybridized carbons (Fsp3) is 0.389. The zero-order valence-corrected chi connectivity index (χ0v) is 14.5. The molecule has 8 heteroatoms. The predicted molar refractivity (Wildman–Crippen MR) is 92.8 cm³/mol. The van der Waals surface area contributed by atoms with E-state index in [9.17, 15) is 9.59 Å². The van der Waals surface area contributed by atoms with Crippen LogP contribution in [0.5, 0.6) is 0 Å². The van der Waals surface area contributed by atoms with Gasteiger partial charge < -0.3 is 24.1 Å². The maximum atomic E-state index is 12.4. The van der Waals surface area contributed by atoms with Gasteiger partial charge in [0, 0.05) is 19.3 Å². The van der Waals surface area contributed by atoms with Gasteiger partial charge in [-0.3, -0.25) is 4.79 Å². The first-order valence-corrected chi connectivity index (χ1v) is 8.43. The summed E-state index contributed by atoms with van der Waals surface area (Å²) in [4.78, 5) is 30.7. The molecule has 1 fully saturated rings. The molecule has 138 valence electrons. The Labute approximate surface area is 151 Å². The standard InChI is InChI=1S/C18H21N3O5/c1-13(15-5-3-9-25-15)20-16(22)12-26-18(23)14-4-2-6-19-17(14)21-7-10-24-11-8-21/h2-6,9,13H,7-8,10-12H2,1H3,(H,20,22)/t13-/m0/s1. The zero-order valence-electron chi connectivity index (χ0n) is 14.5. The molecule has 0 bridgehead atoms. The molecule has 0 radical (unpaired) electrons. The van der Waals surface area contributed by atoms with Crippen molar-refractivity contribution in [3.05, 3.63) is 48.0 Å². The molecule has 0 aliphatic carbocycles. The molecule has 2 aromatic rings. The quantitative estimate of drug-likeness (QED) is 0.782. The first-order chi connectivity index (χ1) is 12.6. The highest BCUT2D eigenvalue weighted by molar-refractivity contribution is 5.96. The van der Waals surface area contributed by atoms with E-state index in [2.05, 4.69) is 10.3 Å². The average Bonchev–Trinajstić information content (AvgIpc) is 3.22. The van der Waals surface area contributed by atoms with Crippen LogP contribution in [0.4, 0.5) is 5.82 Å². The number of anilines is 1. The SMILES string of the molecule is C[C@H](NC(=O)COC(=O)c1cccnc1N1CCOCC1)c1ccco1. The van der Waals surface area contributed by atoms with E-state index in [4.69, 9.17) is 13.9 Å². The fourth-order valence-corrected chi connectivity index (χ4v) is 2.68. The van der Waals surface area contributed by atoms with Crippen LogP contribution in [0, 0.1) is 0 Å². The summed E-state index contributed by atoms with van der Waals surface area (Å²) < 4.78 is 15.7. The number of amides is 1. The van der Waals surface area contributed by atoms with E-state index >= 15 is 0 Å². The maximum absolute atomic E-state index is 12.4. The Kier molecular flexibility index (Phi) is 5.85. The molecule has 3 heterocycles. The van der Waals surface area contributed by atoms with Gasteiger partial charge in [-0.05, 0) is 31.2 Å². The van der Waals surface area contributed by atoms with E-state index in [0.717, 1.165) is 0 Å². The normalized spacial score (nSPS) is 15.3. The van der Waals surface area contributed by atoms with Crippen molar-refractivity contribution in [2.75, 3.05) is 37.8 Å². The molecule has 26 heavy (non-hydrogen) atoms. The van der Waals surface area contributed by atoms with Crippen molar-refractivity contribution in [3.63, 3.8) is 0 Å². The highest BCUT2D eigenvalue weighted by Crippen LogP contribution is 2.19. The molecule has 2 aromatic heterocycles. The summed E-state index contributed by atoms with van der Waals surface area (Å²) in [5.41, 5.74) is 0.335. The average molecular weight is 359 g/mol. The second-order valence-corrected chi connectivity index (χ2v) is 5.85. The number of rotatable bonds is 6. The summed E-state index contributed by atoms with van der Waals surface area (Å²) in [6.45, 7) is 3.88. The summed E-state index contributed by atoms with van der Waals surface area (Å²) in [6.07, 6.45) is 3.16. The van der Waals surface area contributed by atoms with Gasteiger partial charge in [0.1, 0.15) is 17.1 Å². The zero-order chi connectivity index (χ0) is 18.4. The Hall–Kier alpha value is -2.87. The lowest BCUT2D eigenvalue weighted by atomic mass is 10.2. The number of aromatic nitrogens is 1. The highest BCUT2D eigenvalue weighted by Gasteiger charge is 2.22. The Morgan fingerprint density at radius 2 is 2.12 bits per heavy atom. The van der Waals surface area contributed by atoms with Crippen molar-refractivity contribution in [2.45, 2.75) is 13.0 Å². The van der Waals surface area contributed by atoms with Crippen molar-refractivity contribution in [1.29, 1.82) is 0 Å². The summed E-state index contributed by atoms with van der Waals surface area (Å²) in [6, 6.07) is 6.51. The third-order valence-electron chi connectivity index (χ3n) is 4.00. The lowest BCUT2D eigenvalue weighted by molar-refractivity contribution is -0.125. The largest absolute Gasteiger partial charge is 0.467 e. The number of nitrogens with one attached hydrogen (secondary N) is 1. The number of nitrogens with zero attached hydrogens (tertiary/aromatic N) is 2. The van der Waals surface area contributed by atoms with Crippen LogP contribution in [0.2, 0.25) is 0 Å². The molecule has 3 rings (SSSR count). The molecular formula is C18H21N3O5. The number of carbonyl (C=O) groups excluding carboxylic acids is 2. The van der Waals surface area contributed by atoms with Gasteiger partial charge in [-0.1, -0.05) is 0 Å². The molecule has 8 nitrogen and oxygen atoms in total. The van der Waals surface area contributed by atoms with Gasteiger partial charge >= 0.3 is 5.97 Å². The number of morpholine rings is 1. The van der Waals surface area contributed by atoms with Gasteiger partial charge in [0.25, 0.3) is 5.91 Å². The predicted octanol–water partition coefficient (Wildman–Crippen LogP) is 1.55. The Morgan fingerprint density at radius 3 is 2.85 bits per heavy atom. The monoisotopic (exact) mass is 359 g/mol. The lowest BCUT2D eigenvalue weighted by Gasteiger charge is -2.28. The van der Waals surface area contributed by atoms with Crippen molar-refractivity contribution in [2.24, 2.45) is 0 Å². The topological polar surface area (TPSA) is 93.9 Å². The minimum absolute atomic E-state index is 0.307. The van der Waals surface area contributed by atoms with Crippen LogP contribution < -0.4 is 10.2 Å². The smallest absolute Gasteiger partial charge is 0.342 e. The van der Waals surface area contributed by atoms with E-state index in [-0.39, 0.29) is 12.6 Å². The second kappa shape index (κ2) is 8.48. The number of furan rings is 1. The van der Waals surface area contributed by atoms with E-state index < -0.39 is 11.9 Å². The fourth-order valence-electron chi connectivity index (χ4n) is 2.68. The molecule has 0 saturated carbocycles. The molecule has 0 unspecified atom stereocenters. The number of ether oxygens (including phenoxy) is 2. The molecule has 1 atom stereocenters. The molecule has 1 amide bonds. The van der Waals surface area contributed by atoms with Crippen LogP contribution >= 0.6 is 0 Å². The lowest BCUT2D eigenvalue weighted by Crippen LogP contribution is -2.38. The van der Waals surface area contributed by atoms with E-state index in [0.29, 0.717) is 43.4 Å². The second-order valence-electron chi connectivity index (χ2n) is 5.85. The summed E-state index contributed by atoms with van der Waals surface area (Å²) in [5, 5.41) is 2.71. The van der Waals surface area contributed by atoms with Crippen LogP contribution in [-0.4, -0.2) is 49.8 Å². The van der Waals surface area contributed by atoms with Crippen LogP contribution in [0.3, 0.4) is 0 Å². The van der Waals surface area contributed by atoms with Gasteiger partial charge in [0.05, 0.1) is 25.5 Å². The first kappa shape index (κ1) is 17.9. The van der Waals surface area contributed by atoms with Crippen molar-refractivity contribution < 1.29 is 23.5 Å². The van der Waals surface area contributed by atoms with Gasteiger partial charge in [-0.15, -0.1) is 0 Å². The molecule has 1 saturated heterocycles. The molecule has 0 spiro atoms. The third-order valence-corrected chi connectivity index (χ3v) is 4.00. The molecule has 1 N–H and O–H groups in total. The minimum Gasteiger partial charge on any atom is -0.467 e. The molecular weight excluding hydrogens is 338 g/mol. The number of hydrogen-bond donors (Lipinski definition) is 1. The van der Waals surface area contributed by atoms with Crippen LogP contribution in [0.15, 0.2) is 41.1 Å². The minimum atomic E-state index is -0.583. The molecule has 1 aliphatic rings. The first-order valence-electron chi connectivity index (χ1n) is 8.43. The van der Waals surface area contributed by atoms with Gasteiger partial charge in [-0.2, -0.15) is 0 Å². The summed E-state index contributed by atoms with van der Waals surface area (Å²) in [7, 11) is 0. The molecule has 0 aromatic carbocycles. The Morgan fingerprint density at radius 1 is 1.31 bits per heavy atom. The van der Waals surface area contributed by atoms with Crippen LogP contribution in [-0.2, 0) is 14.3 Å². The van der Waals surface area contributed by atoms with Crippen molar-refractivity contribution in [3.8, 4) is 0 Å². The van der Waals surface area contributed by atoms with Crippen LogP contribution in [0.25, 0.3) is 0 Å².